The summed E-state index contributed by atoms with van der Waals surface area (Å²) in [6.45, 7) is 7.85. The van der Waals surface area contributed by atoms with E-state index in [4.69, 9.17) is 4.74 Å². The minimum Gasteiger partial charge on any atom is -0.462 e. The minimum absolute atomic E-state index is 0.276. The Morgan fingerprint density at radius 2 is 1.83 bits per heavy atom. The normalized spacial score (nSPS) is 10.8. The van der Waals surface area contributed by atoms with Crippen LogP contribution in [0.3, 0.4) is 0 Å². The lowest BCUT2D eigenvalue weighted by atomic mass is 10.1. The number of esters is 1. The van der Waals surface area contributed by atoms with Gasteiger partial charge < -0.3 is 10.1 Å². The third-order valence-electron chi connectivity index (χ3n) is 3.61. The zero-order chi connectivity index (χ0) is 17.7. The highest BCUT2D eigenvalue weighted by molar-refractivity contribution is 7.16. The van der Waals surface area contributed by atoms with Crippen molar-refractivity contribution in [3.05, 3.63) is 57.5 Å². The molecule has 0 atom stereocenters. The molecule has 24 heavy (non-hydrogen) atoms. The van der Waals surface area contributed by atoms with Crippen molar-refractivity contribution in [1.82, 2.24) is 0 Å². The summed E-state index contributed by atoms with van der Waals surface area (Å²) in [4.78, 5) is 25.3. The van der Waals surface area contributed by atoms with Gasteiger partial charge in [-0.1, -0.05) is 29.8 Å². The Bertz CT molecular complexity index is 773. The Labute approximate surface area is 146 Å². The molecule has 4 nitrogen and oxygen atoms in total. The van der Waals surface area contributed by atoms with Crippen molar-refractivity contribution in [2.75, 3.05) is 11.9 Å². The molecule has 1 heterocycles. The minimum atomic E-state index is -0.405. The van der Waals surface area contributed by atoms with E-state index in [0.717, 1.165) is 16.0 Å². The van der Waals surface area contributed by atoms with Crippen LogP contribution in [0.15, 0.2) is 30.3 Å². The van der Waals surface area contributed by atoms with Crippen molar-refractivity contribution in [1.29, 1.82) is 0 Å². The van der Waals surface area contributed by atoms with Gasteiger partial charge in [0.1, 0.15) is 5.00 Å². The van der Waals surface area contributed by atoms with Gasteiger partial charge in [0.25, 0.3) is 0 Å². The fourth-order valence-corrected chi connectivity index (χ4v) is 3.22. The molecule has 1 N–H and O–H groups in total. The molecule has 126 valence electrons. The third kappa shape index (κ3) is 4.32. The van der Waals surface area contributed by atoms with E-state index < -0.39 is 5.97 Å². The Kier molecular flexibility index (Phi) is 5.93. The van der Waals surface area contributed by atoms with E-state index in [0.29, 0.717) is 17.2 Å². The maximum absolute atomic E-state index is 12.2. The smallest absolute Gasteiger partial charge is 0.341 e. The van der Waals surface area contributed by atoms with Crippen molar-refractivity contribution in [3.8, 4) is 0 Å². The summed E-state index contributed by atoms with van der Waals surface area (Å²) in [5.41, 5.74) is 3.40. The monoisotopic (exact) mass is 343 g/mol. The van der Waals surface area contributed by atoms with E-state index in [-0.39, 0.29) is 5.91 Å². The van der Waals surface area contributed by atoms with Crippen LogP contribution in [-0.4, -0.2) is 18.5 Å². The molecule has 0 radical (unpaired) electrons. The van der Waals surface area contributed by atoms with Crippen molar-refractivity contribution >= 4 is 34.3 Å². The molecule has 0 saturated carbocycles. The molecule has 0 aliphatic rings. The molecule has 0 bridgehead atoms. The molecule has 0 fully saturated rings. The van der Waals surface area contributed by atoms with Crippen LogP contribution in [0.25, 0.3) is 6.08 Å². The third-order valence-corrected chi connectivity index (χ3v) is 4.73. The van der Waals surface area contributed by atoms with Gasteiger partial charge in [-0.25, -0.2) is 4.79 Å². The van der Waals surface area contributed by atoms with Gasteiger partial charge in [-0.3, -0.25) is 4.79 Å². The number of hydrogen-bond donors (Lipinski definition) is 1. The summed E-state index contributed by atoms with van der Waals surface area (Å²) in [5.74, 6) is -0.681. The highest BCUT2D eigenvalue weighted by Gasteiger charge is 2.21. The van der Waals surface area contributed by atoms with Gasteiger partial charge in [-0.15, -0.1) is 11.3 Å². The molecule has 2 rings (SSSR count). The predicted molar refractivity (Wildman–Crippen MR) is 98.6 cm³/mol. The molecule has 0 aliphatic heterocycles. The van der Waals surface area contributed by atoms with E-state index in [9.17, 15) is 9.59 Å². The number of ether oxygens (including phenoxy) is 1. The summed E-state index contributed by atoms with van der Waals surface area (Å²) in [6.07, 6.45) is 3.20. The van der Waals surface area contributed by atoms with Crippen molar-refractivity contribution in [2.45, 2.75) is 27.7 Å². The zero-order valence-electron chi connectivity index (χ0n) is 14.3. The first kappa shape index (κ1) is 17.9. The SMILES string of the molecule is CCOC(=O)c1c(NC(=O)/C=C/c2ccc(C)cc2)sc(C)c1C. The predicted octanol–water partition coefficient (Wildman–Crippen LogP) is 4.50. The molecule has 1 aromatic carbocycles. The first-order valence-electron chi connectivity index (χ1n) is 7.75. The lowest BCUT2D eigenvalue weighted by Gasteiger charge is -2.05. The van der Waals surface area contributed by atoms with Gasteiger partial charge in [-0.2, -0.15) is 0 Å². The summed E-state index contributed by atoms with van der Waals surface area (Å²) in [6, 6.07) is 7.87. The van der Waals surface area contributed by atoms with Crippen LogP contribution in [0.2, 0.25) is 0 Å². The summed E-state index contributed by atoms with van der Waals surface area (Å²) < 4.78 is 5.08. The Hall–Kier alpha value is -2.40. The van der Waals surface area contributed by atoms with E-state index in [2.05, 4.69) is 5.32 Å². The summed E-state index contributed by atoms with van der Waals surface area (Å²) in [7, 11) is 0. The quantitative estimate of drug-likeness (QED) is 0.642. The first-order valence-corrected chi connectivity index (χ1v) is 8.56. The number of carbonyl (C=O) groups excluding carboxylic acids is 2. The topological polar surface area (TPSA) is 55.4 Å². The van der Waals surface area contributed by atoms with Crippen LogP contribution in [0.4, 0.5) is 5.00 Å². The summed E-state index contributed by atoms with van der Waals surface area (Å²) in [5, 5.41) is 3.31. The van der Waals surface area contributed by atoms with Gasteiger partial charge in [0.05, 0.1) is 12.2 Å². The molecule has 2 aromatic rings. The second-order valence-corrected chi connectivity index (χ2v) is 6.67. The van der Waals surface area contributed by atoms with Gasteiger partial charge >= 0.3 is 5.97 Å². The van der Waals surface area contributed by atoms with Crippen molar-refractivity contribution in [3.63, 3.8) is 0 Å². The first-order chi connectivity index (χ1) is 11.4. The number of benzene rings is 1. The molecule has 0 unspecified atom stereocenters. The van der Waals surface area contributed by atoms with Crippen LogP contribution in [-0.2, 0) is 9.53 Å². The Morgan fingerprint density at radius 3 is 2.46 bits per heavy atom. The molecule has 1 aromatic heterocycles. The average molecular weight is 343 g/mol. The van der Waals surface area contributed by atoms with Gasteiger partial charge in [0.15, 0.2) is 0 Å². The van der Waals surface area contributed by atoms with Crippen molar-refractivity contribution in [2.24, 2.45) is 0 Å². The molecule has 1 amide bonds. The fourth-order valence-electron chi connectivity index (χ4n) is 2.17. The van der Waals surface area contributed by atoms with Crippen LogP contribution >= 0.6 is 11.3 Å². The number of rotatable bonds is 5. The van der Waals surface area contributed by atoms with Crippen LogP contribution in [0, 0.1) is 20.8 Å². The van der Waals surface area contributed by atoms with Gasteiger partial charge in [0.2, 0.25) is 5.91 Å². The van der Waals surface area contributed by atoms with Crippen LogP contribution < -0.4 is 5.32 Å². The number of thiophene rings is 1. The summed E-state index contributed by atoms with van der Waals surface area (Å²) >= 11 is 1.38. The maximum Gasteiger partial charge on any atom is 0.341 e. The lowest BCUT2D eigenvalue weighted by Crippen LogP contribution is -2.12. The van der Waals surface area contributed by atoms with Crippen LogP contribution in [0.5, 0.6) is 0 Å². The molecule has 0 saturated heterocycles. The zero-order valence-corrected chi connectivity index (χ0v) is 15.1. The number of anilines is 1. The van der Waals surface area contributed by atoms with E-state index in [1.165, 1.54) is 23.0 Å². The number of nitrogens with one attached hydrogen (secondary N) is 1. The number of aryl methyl sites for hydroxylation is 2. The van der Waals surface area contributed by atoms with Crippen LogP contribution in [0.1, 0.15) is 38.8 Å². The van der Waals surface area contributed by atoms with Crippen molar-refractivity contribution < 1.29 is 14.3 Å². The van der Waals surface area contributed by atoms with Gasteiger partial charge in [0, 0.05) is 11.0 Å². The number of amides is 1. The lowest BCUT2D eigenvalue weighted by molar-refractivity contribution is -0.111. The second-order valence-electron chi connectivity index (χ2n) is 5.44. The molecule has 5 heteroatoms. The molecular weight excluding hydrogens is 322 g/mol. The highest BCUT2D eigenvalue weighted by Crippen LogP contribution is 2.33. The fraction of sp³-hybridized carbons (Fsp3) is 0.263. The maximum atomic E-state index is 12.2. The van der Waals surface area contributed by atoms with Gasteiger partial charge in [-0.05, 0) is 44.9 Å². The molecule has 0 aliphatic carbocycles. The average Bonchev–Trinajstić information content (AvgIpc) is 2.81. The van der Waals surface area contributed by atoms with E-state index in [1.807, 2.05) is 45.0 Å². The largest absolute Gasteiger partial charge is 0.462 e. The number of hydrogen-bond acceptors (Lipinski definition) is 4. The standard InChI is InChI=1S/C19H21NO3S/c1-5-23-19(22)17-13(3)14(4)24-18(17)20-16(21)11-10-15-8-6-12(2)7-9-15/h6-11H,5H2,1-4H3,(H,20,21)/b11-10+. The molecule has 0 spiro atoms. The van der Waals surface area contributed by atoms with E-state index in [1.54, 1.807) is 13.0 Å². The Morgan fingerprint density at radius 1 is 1.17 bits per heavy atom. The van der Waals surface area contributed by atoms with E-state index >= 15 is 0 Å². The number of carbonyl (C=O) groups is 2. The highest BCUT2D eigenvalue weighted by atomic mass is 32.1. The second kappa shape index (κ2) is 7.93. The molecular formula is C19H21NO3S. The Balaban J connectivity index is 2.15.